The summed E-state index contributed by atoms with van der Waals surface area (Å²) in [4.78, 5) is 14.8. The van der Waals surface area contributed by atoms with Crippen molar-refractivity contribution in [2.75, 3.05) is 0 Å². The Labute approximate surface area is 106 Å². The summed E-state index contributed by atoms with van der Waals surface area (Å²) >= 11 is 3.44. The highest BCUT2D eigenvalue weighted by Crippen LogP contribution is 2.25. The van der Waals surface area contributed by atoms with E-state index >= 15 is 0 Å². The van der Waals surface area contributed by atoms with Crippen LogP contribution in [0.25, 0.3) is 0 Å². The molecule has 0 aliphatic carbocycles. The van der Waals surface area contributed by atoms with Crippen LogP contribution in [-0.4, -0.2) is 12.1 Å². The Hall–Kier alpha value is -0.440. The van der Waals surface area contributed by atoms with Crippen molar-refractivity contribution in [1.82, 2.24) is 0 Å². The fourth-order valence-electron chi connectivity index (χ4n) is 1.85. The standard InChI is InChI=1S/C13H20BrNO/c1-2-3-4-5-6-7-8-11-10-15-13(16)9-12(11)14/h9-11H,2-8H2,1H3. The molecule has 90 valence electrons. The van der Waals surface area contributed by atoms with Gasteiger partial charge in [-0.2, -0.15) is 0 Å². The van der Waals surface area contributed by atoms with E-state index < -0.39 is 0 Å². The molecule has 0 saturated heterocycles. The molecule has 1 amide bonds. The van der Waals surface area contributed by atoms with E-state index in [4.69, 9.17) is 0 Å². The first kappa shape index (κ1) is 13.6. The third-order valence-electron chi connectivity index (χ3n) is 2.87. The van der Waals surface area contributed by atoms with Gasteiger partial charge in [0.25, 0.3) is 5.91 Å². The number of allylic oxidation sites excluding steroid dienone is 1. The molecule has 2 nitrogen and oxygen atoms in total. The summed E-state index contributed by atoms with van der Waals surface area (Å²) in [7, 11) is 0. The minimum atomic E-state index is -0.147. The van der Waals surface area contributed by atoms with Gasteiger partial charge < -0.3 is 0 Å². The predicted molar refractivity (Wildman–Crippen MR) is 72.0 cm³/mol. The van der Waals surface area contributed by atoms with Crippen molar-refractivity contribution in [3.63, 3.8) is 0 Å². The largest absolute Gasteiger partial charge is 0.270 e. The second-order valence-electron chi connectivity index (χ2n) is 4.31. The van der Waals surface area contributed by atoms with Crippen molar-refractivity contribution in [3.8, 4) is 0 Å². The van der Waals surface area contributed by atoms with E-state index in [1.165, 1.54) is 38.5 Å². The van der Waals surface area contributed by atoms with Crippen LogP contribution >= 0.6 is 15.9 Å². The topological polar surface area (TPSA) is 29.4 Å². The van der Waals surface area contributed by atoms with Crippen LogP contribution in [0.2, 0.25) is 0 Å². The zero-order chi connectivity index (χ0) is 11.8. The van der Waals surface area contributed by atoms with Gasteiger partial charge in [-0.25, -0.2) is 4.99 Å². The van der Waals surface area contributed by atoms with Crippen LogP contribution in [0.3, 0.4) is 0 Å². The van der Waals surface area contributed by atoms with Crippen LogP contribution in [0.1, 0.15) is 51.9 Å². The Kier molecular flexibility index (Phi) is 6.62. The van der Waals surface area contributed by atoms with Crippen molar-refractivity contribution >= 4 is 28.1 Å². The molecule has 1 atom stereocenters. The number of hydrogen-bond acceptors (Lipinski definition) is 1. The Morgan fingerprint density at radius 2 is 1.94 bits per heavy atom. The lowest BCUT2D eigenvalue weighted by Gasteiger charge is -2.13. The zero-order valence-corrected chi connectivity index (χ0v) is 11.5. The molecular formula is C13H20BrNO. The van der Waals surface area contributed by atoms with Gasteiger partial charge in [-0.3, -0.25) is 4.79 Å². The van der Waals surface area contributed by atoms with Crippen LogP contribution in [0.15, 0.2) is 15.6 Å². The molecule has 0 aromatic heterocycles. The number of unbranched alkanes of at least 4 members (excludes halogenated alkanes) is 5. The van der Waals surface area contributed by atoms with Crippen LogP contribution < -0.4 is 0 Å². The lowest BCUT2D eigenvalue weighted by atomic mass is 9.99. The van der Waals surface area contributed by atoms with Crippen LogP contribution in [0.4, 0.5) is 0 Å². The van der Waals surface area contributed by atoms with Gasteiger partial charge in [0.05, 0.1) is 0 Å². The van der Waals surface area contributed by atoms with Gasteiger partial charge in [-0.15, -0.1) is 0 Å². The third-order valence-corrected chi connectivity index (χ3v) is 3.68. The molecule has 0 bridgehead atoms. The van der Waals surface area contributed by atoms with Gasteiger partial charge in [0.1, 0.15) is 0 Å². The number of carbonyl (C=O) groups is 1. The first-order valence-corrected chi connectivity index (χ1v) is 6.98. The van der Waals surface area contributed by atoms with Crippen molar-refractivity contribution in [1.29, 1.82) is 0 Å². The van der Waals surface area contributed by atoms with Gasteiger partial charge in [0.2, 0.25) is 0 Å². The monoisotopic (exact) mass is 285 g/mol. The summed E-state index contributed by atoms with van der Waals surface area (Å²) in [5.74, 6) is 0.176. The summed E-state index contributed by atoms with van der Waals surface area (Å²) in [5, 5.41) is 0. The number of halogens is 1. The SMILES string of the molecule is CCCCCCCCC1C=NC(=O)C=C1Br. The van der Waals surface area contributed by atoms with Gasteiger partial charge in [-0.1, -0.05) is 61.4 Å². The Balaban J connectivity index is 2.12. The van der Waals surface area contributed by atoms with Crippen molar-refractivity contribution < 1.29 is 4.79 Å². The van der Waals surface area contributed by atoms with E-state index in [1.54, 1.807) is 12.3 Å². The van der Waals surface area contributed by atoms with Crippen molar-refractivity contribution in [2.24, 2.45) is 10.9 Å². The van der Waals surface area contributed by atoms with Crippen molar-refractivity contribution in [2.45, 2.75) is 51.9 Å². The highest BCUT2D eigenvalue weighted by atomic mass is 79.9. The molecule has 0 aromatic carbocycles. The Bertz CT molecular complexity index is 284. The van der Waals surface area contributed by atoms with E-state index in [1.807, 2.05) is 0 Å². The number of carbonyl (C=O) groups excluding carboxylic acids is 1. The molecule has 16 heavy (non-hydrogen) atoms. The predicted octanol–water partition coefficient (Wildman–Crippen LogP) is 4.24. The molecule has 3 heteroatoms. The number of aliphatic imine (C=N–C) groups is 1. The molecule has 0 spiro atoms. The summed E-state index contributed by atoms with van der Waals surface area (Å²) < 4.78 is 0.987. The summed E-state index contributed by atoms with van der Waals surface area (Å²) in [5.41, 5.74) is 0. The second kappa shape index (κ2) is 7.77. The van der Waals surface area contributed by atoms with Gasteiger partial charge in [-0.05, 0) is 6.42 Å². The molecule has 0 N–H and O–H groups in total. The quantitative estimate of drug-likeness (QED) is 0.643. The van der Waals surface area contributed by atoms with Gasteiger partial charge in [0.15, 0.2) is 0 Å². The van der Waals surface area contributed by atoms with Crippen LogP contribution in [0, 0.1) is 5.92 Å². The number of dihydropyridines is 1. The van der Waals surface area contributed by atoms with E-state index in [0.29, 0.717) is 5.92 Å². The van der Waals surface area contributed by atoms with Gasteiger partial charge in [0, 0.05) is 22.7 Å². The molecule has 0 saturated carbocycles. The lowest BCUT2D eigenvalue weighted by molar-refractivity contribution is -0.113. The third kappa shape index (κ3) is 5.06. The van der Waals surface area contributed by atoms with E-state index in [9.17, 15) is 4.79 Å². The minimum absolute atomic E-state index is 0.147. The fourth-order valence-corrected chi connectivity index (χ4v) is 2.40. The van der Waals surface area contributed by atoms with Crippen molar-refractivity contribution in [3.05, 3.63) is 10.6 Å². The molecule has 0 radical (unpaired) electrons. The fraction of sp³-hybridized carbons (Fsp3) is 0.692. The highest BCUT2D eigenvalue weighted by Gasteiger charge is 2.14. The summed E-state index contributed by atoms with van der Waals surface area (Å²) in [6.07, 6.45) is 12.3. The molecule has 1 aliphatic rings. The summed E-state index contributed by atoms with van der Waals surface area (Å²) in [6, 6.07) is 0. The molecular weight excluding hydrogens is 266 g/mol. The lowest BCUT2D eigenvalue weighted by Crippen LogP contribution is -2.09. The smallest absolute Gasteiger partial charge is 0.267 e. The van der Waals surface area contributed by atoms with Gasteiger partial charge >= 0.3 is 0 Å². The Morgan fingerprint density at radius 1 is 1.25 bits per heavy atom. The van der Waals surface area contributed by atoms with E-state index in [0.717, 1.165) is 10.9 Å². The summed E-state index contributed by atoms with van der Waals surface area (Å²) in [6.45, 7) is 2.23. The van der Waals surface area contributed by atoms with E-state index in [2.05, 4.69) is 27.8 Å². The molecule has 1 heterocycles. The average Bonchev–Trinajstić information content (AvgIpc) is 2.26. The molecule has 0 aromatic rings. The number of hydrogen-bond donors (Lipinski definition) is 0. The molecule has 1 unspecified atom stereocenters. The minimum Gasteiger partial charge on any atom is -0.267 e. The molecule has 1 rings (SSSR count). The average molecular weight is 286 g/mol. The maximum Gasteiger partial charge on any atom is 0.270 e. The molecule has 0 fully saturated rings. The van der Waals surface area contributed by atoms with E-state index in [-0.39, 0.29) is 5.91 Å². The first-order valence-electron chi connectivity index (χ1n) is 6.19. The number of nitrogens with zero attached hydrogens (tertiary/aromatic N) is 1. The Morgan fingerprint density at radius 3 is 2.62 bits per heavy atom. The van der Waals surface area contributed by atoms with Crippen LogP contribution in [0.5, 0.6) is 0 Å². The number of rotatable bonds is 7. The normalized spacial score (nSPS) is 20.0. The first-order chi connectivity index (χ1) is 7.74. The number of amides is 1. The zero-order valence-electron chi connectivity index (χ0n) is 9.92. The molecule has 1 aliphatic heterocycles. The second-order valence-corrected chi connectivity index (χ2v) is 5.22. The maximum atomic E-state index is 11.0. The van der Waals surface area contributed by atoms with Crippen LogP contribution in [-0.2, 0) is 4.79 Å². The maximum absolute atomic E-state index is 11.0. The highest BCUT2D eigenvalue weighted by molar-refractivity contribution is 9.11.